The fourth-order valence-electron chi connectivity index (χ4n) is 2.12. The van der Waals surface area contributed by atoms with E-state index >= 15 is 0 Å². The zero-order valence-electron chi connectivity index (χ0n) is 11.8. The van der Waals surface area contributed by atoms with Gasteiger partial charge in [0.15, 0.2) is 5.82 Å². The first kappa shape index (κ1) is 15.6. The lowest BCUT2D eigenvalue weighted by atomic mass is 10.3. The summed E-state index contributed by atoms with van der Waals surface area (Å²) < 4.78 is 42.4. The zero-order chi connectivity index (χ0) is 15.6. The molecule has 1 aliphatic rings. The van der Waals surface area contributed by atoms with Crippen molar-refractivity contribution in [2.75, 3.05) is 20.3 Å². The van der Waals surface area contributed by atoms with Gasteiger partial charge in [-0.15, -0.1) is 11.3 Å². The third-order valence-electron chi connectivity index (χ3n) is 3.31. The van der Waals surface area contributed by atoms with Gasteiger partial charge >= 0.3 is 0 Å². The molecule has 8 nitrogen and oxygen atoms in total. The second-order valence-corrected chi connectivity index (χ2v) is 7.64. The summed E-state index contributed by atoms with van der Waals surface area (Å²) in [6.45, 7) is 0.345. The van der Waals surface area contributed by atoms with Crippen molar-refractivity contribution < 1.29 is 22.4 Å². The van der Waals surface area contributed by atoms with Gasteiger partial charge in [-0.1, -0.05) is 11.2 Å². The molecule has 0 saturated carbocycles. The molecule has 0 bridgehead atoms. The maximum atomic E-state index is 12.3. The minimum atomic E-state index is -3.58. The number of nitrogens with zero attached hydrogens (tertiary/aromatic N) is 2. The van der Waals surface area contributed by atoms with Crippen LogP contribution in [0.5, 0.6) is 0 Å². The first-order valence-electron chi connectivity index (χ1n) is 6.55. The van der Waals surface area contributed by atoms with Crippen LogP contribution in [0.2, 0.25) is 0 Å². The average molecular weight is 345 g/mol. The molecule has 10 heteroatoms. The van der Waals surface area contributed by atoms with E-state index in [1.165, 1.54) is 18.4 Å². The Morgan fingerprint density at radius 1 is 1.50 bits per heavy atom. The summed E-state index contributed by atoms with van der Waals surface area (Å²) in [6, 6.07) is 3.72. The van der Waals surface area contributed by atoms with E-state index in [1.54, 1.807) is 0 Å². The number of thiophene rings is 1. The lowest BCUT2D eigenvalue weighted by Gasteiger charge is -2.16. The standard InChI is InChI=1S/C12H15N3O5S2/c1-18-8-6-19-7-10(8)22(16,17)13-5-11-14-12(20-15-11)9-3-2-4-21-9/h2-4,8,10,13H,5-7H2,1H3/t8-,10+/m0/s1. The van der Waals surface area contributed by atoms with Gasteiger partial charge in [0.1, 0.15) is 11.4 Å². The Bertz CT molecular complexity index is 713. The topological polar surface area (TPSA) is 104 Å². The molecule has 22 heavy (non-hydrogen) atoms. The third-order valence-corrected chi connectivity index (χ3v) is 5.95. The van der Waals surface area contributed by atoms with Crippen molar-refractivity contribution in [1.29, 1.82) is 0 Å². The summed E-state index contributed by atoms with van der Waals surface area (Å²) in [7, 11) is -2.12. The van der Waals surface area contributed by atoms with Gasteiger partial charge in [-0.3, -0.25) is 0 Å². The van der Waals surface area contributed by atoms with Gasteiger partial charge in [0.05, 0.1) is 24.6 Å². The molecule has 1 N–H and O–H groups in total. The van der Waals surface area contributed by atoms with Crippen LogP contribution in [-0.4, -0.2) is 50.2 Å². The van der Waals surface area contributed by atoms with Crippen molar-refractivity contribution in [3.8, 4) is 10.8 Å². The van der Waals surface area contributed by atoms with E-state index in [0.29, 0.717) is 5.89 Å². The number of rotatable bonds is 6. The molecule has 3 rings (SSSR count). The molecule has 0 aliphatic carbocycles. The van der Waals surface area contributed by atoms with Gasteiger partial charge in [-0.2, -0.15) is 4.98 Å². The van der Waals surface area contributed by atoms with Gasteiger partial charge < -0.3 is 14.0 Å². The molecule has 1 fully saturated rings. The number of ether oxygens (including phenoxy) is 2. The Hall–Kier alpha value is -1.33. The normalized spacial score (nSPS) is 22.2. The summed E-state index contributed by atoms with van der Waals surface area (Å²) in [5, 5.41) is 4.93. The van der Waals surface area contributed by atoms with E-state index in [0.717, 1.165) is 4.88 Å². The summed E-state index contributed by atoms with van der Waals surface area (Å²) in [6.07, 6.45) is -0.468. The number of hydrogen-bond acceptors (Lipinski definition) is 8. The fourth-order valence-corrected chi connectivity index (χ4v) is 4.18. The Labute approximate surface area is 131 Å². The van der Waals surface area contributed by atoms with E-state index in [-0.39, 0.29) is 25.6 Å². The van der Waals surface area contributed by atoms with Crippen LogP contribution in [-0.2, 0) is 26.0 Å². The molecule has 0 spiro atoms. The van der Waals surface area contributed by atoms with Crippen molar-refractivity contribution in [1.82, 2.24) is 14.9 Å². The monoisotopic (exact) mass is 345 g/mol. The summed E-state index contributed by atoms with van der Waals surface area (Å²) in [5.74, 6) is 0.656. The molecule has 0 unspecified atom stereocenters. The molecule has 2 atom stereocenters. The van der Waals surface area contributed by atoms with Gasteiger partial charge in [0, 0.05) is 7.11 Å². The minimum Gasteiger partial charge on any atom is -0.378 e. The summed E-state index contributed by atoms with van der Waals surface area (Å²) >= 11 is 1.47. The molecule has 0 aromatic carbocycles. The van der Waals surface area contributed by atoms with Crippen LogP contribution in [0.4, 0.5) is 0 Å². The maximum absolute atomic E-state index is 12.3. The first-order valence-corrected chi connectivity index (χ1v) is 8.98. The summed E-state index contributed by atoms with van der Waals surface area (Å²) in [5.41, 5.74) is 0. The van der Waals surface area contributed by atoms with Gasteiger partial charge in [0.25, 0.3) is 5.89 Å². The lowest BCUT2D eigenvalue weighted by molar-refractivity contribution is 0.0828. The average Bonchev–Trinajstić information content (AvgIpc) is 3.23. The highest BCUT2D eigenvalue weighted by atomic mass is 32.2. The van der Waals surface area contributed by atoms with E-state index in [9.17, 15) is 8.42 Å². The quantitative estimate of drug-likeness (QED) is 0.819. The number of sulfonamides is 1. The molecule has 2 aromatic rings. The molecule has 3 heterocycles. The highest BCUT2D eigenvalue weighted by Crippen LogP contribution is 2.22. The predicted octanol–water partition coefficient (Wildman–Crippen LogP) is 0.631. The molecular formula is C12H15N3O5S2. The van der Waals surface area contributed by atoms with Crippen LogP contribution >= 0.6 is 11.3 Å². The van der Waals surface area contributed by atoms with Gasteiger partial charge in [0.2, 0.25) is 10.0 Å². The number of nitrogens with one attached hydrogen (secondary N) is 1. The van der Waals surface area contributed by atoms with E-state index in [1.807, 2.05) is 17.5 Å². The molecule has 120 valence electrons. The second-order valence-electron chi connectivity index (χ2n) is 4.71. The summed E-state index contributed by atoms with van der Waals surface area (Å²) in [4.78, 5) is 5.00. The van der Waals surface area contributed by atoms with E-state index < -0.39 is 21.4 Å². The van der Waals surface area contributed by atoms with Crippen LogP contribution in [0, 0.1) is 0 Å². The Morgan fingerprint density at radius 2 is 2.36 bits per heavy atom. The first-order chi connectivity index (χ1) is 10.6. The largest absolute Gasteiger partial charge is 0.378 e. The van der Waals surface area contributed by atoms with Gasteiger partial charge in [-0.25, -0.2) is 13.1 Å². The highest BCUT2D eigenvalue weighted by Gasteiger charge is 2.38. The fraction of sp³-hybridized carbons (Fsp3) is 0.500. The predicted molar refractivity (Wildman–Crippen MR) is 78.8 cm³/mol. The van der Waals surface area contributed by atoms with Crippen molar-refractivity contribution in [3.63, 3.8) is 0 Å². The molecule has 0 amide bonds. The SMILES string of the molecule is CO[C@H]1COC[C@H]1S(=O)(=O)NCc1noc(-c2cccs2)n1. The Kier molecular flexibility index (Phi) is 4.54. The van der Waals surface area contributed by atoms with Crippen molar-refractivity contribution in [2.45, 2.75) is 17.9 Å². The molecular weight excluding hydrogens is 330 g/mol. The van der Waals surface area contributed by atoms with Gasteiger partial charge in [-0.05, 0) is 11.4 Å². The molecule has 1 aliphatic heterocycles. The van der Waals surface area contributed by atoms with Crippen LogP contribution in [0.3, 0.4) is 0 Å². The van der Waals surface area contributed by atoms with Crippen LogP contribution in [0.1, 0.15) is 5.82 Å². The zero-order valence-corrected chi connectivity index (χ0v) is 13.4. The molecule has 1 saturated heterocycles. The Balaban J connectivity index is 1.65. The molecule has 2 aromatic heterocycles. The van der Waals surface area contributed by atoms with Crippen LogP contribution in [0.25, 0.3) is 10.8 Å². The smallest absolute Gasteiger partial charge is 0.268 e. The van der Waals surface area contributed by atoms with E-state index in [2.05, 4.69) is 14.9 Å². The van der Waals surface area contributed by atoms with Crippen molar-refractivity contribution in [2.24, 2.45) is 0 Å². The lowest BCUT2D eigenvalue weighted by Crippen LogP contribution is -2.41. The van der Waals surface area contributed by atoms with Crippen molar-refractivity contribution >= 4 is 21.4 Å². The highest BCUT2D eigenvalue weighted by molar-refractivity contribution is 7.90. The minimum absolute atomic E-state index is 0.0376. The number of methoxy groups -OCH3 is 1. The molecule has 0 radical (unpaired) electrons. The number of hydrogen-bond donors (Lipinski definition) is 1. The van der Waals surface area contributed by atoms with Crippen LogP contribution in [0.15, 0.2) is 22.0 Å². The van der Waals surface area contributed by atoms with E-state index in [4.69, 9.17) is 14.0 Å². The van der Waals surface area contributed by atoms with Crippen molar-refractivity contribution in [3.05, 3.63) is 23.3 Å². The number of aromatic nitrogens is 2. The second kappa shape index (κ2) is 6.42. The van der Waals surface area contributed by atoms with Crippen LogP contribution < -0.4 is 4.72 Å². The Morgan fingerprint density at radius 3 is 3.09 bits per heavy atom. The maximum Gasteiger partial charge on any atom is 0.268 e. The third kappa shape index (κ3) is 3.20.